The maximum absolute atomic E-state index is 14.0. The number of fused-ring (bicyclic) bond motifs is 1. The second kappa shape index (κ2) is 7.46. The van der Waals surface area contributed by atoms with Crippen LogP contribution in [-0.4, -0.2) is 20.5 Å². The molecule has 4 aromatic rings. The van der Waals surface area contributed by atoms with Crippen molar-refractivity contribution in [1.82, 2.24) is 4.98 Å². The Labute approximate surface area is 172 Å². The standard InChI is InChI=1S/C22H15ClFNO3S/c1-28-17-6-3-7-18(12-17)29(26,27)21-13-25-20-9-8-16(24)11-19(20)22(21)14-4-2-5-15(23)10-14/h2-13H,1H3. The van der Waals surface area contributed by atoms with Gasteiger partial charge in [-0.05, 0) is 54.1 Å². The van der Waals surface area contributed by atoms with E-state index in [2.05, 4.69) is 4.98 Å². The Hall–Kier alpha value is -2.96. The van der Waals surface area contributed by atoms with E-state index in [9.17, 15) is 12.8 Å². The summed E-state index contributed by atoms with van der Waals surface area (Å²) in [5, 5.41) is 0.824. The Morgan fingerprint density at radius 2 is 1.79 bits per heavy atom. The fraction of sp³-hybridized carbons (Fsp3) is 0.0455. The summed E-state index contributed by atoms with van der Waals surface area (Å²) in [7, 11) is -2.51. The average Bonchev–Trinajstić information content (AvgIpc) is 2.72. The smallest absolute Gasteiger partial charge is 0.208 e. The molecule has 1 aromatic heterocycles. The first-order chi connectivity index (χ1) is 13.9. The van der Waals surface area contributed by atoms with Crippen LogP contribution in [0.25, 0.3) is 22.0 Å². The number of methoxy groups -OCH3 is 1. The third kappa shape index (κ3) is 3.57. The predicted octanol–water partition coefficient (Wildman–Crippen LogP) is 5.54. The maximum Gasteiger partial charge on any atom is 0.208 e. The number of ether oxygens (including phenoxy) is 1. The first-order valence-electron chi connectivity index (χ1n) is 8.63. The summed E-state index contributed by atoms with van der Waals surface area (Å²) in [6.45, 7) is 0. The molecule has 0 aliphatic rings. The number of halogens is 2. The highest BCUT2D eigenvalue weighted by molar-refractivity contribution is 7.91. The molecular weight excluding hydrogens is 413 g/mol. The molecule has 4 rings (SSSR count). The zero-order valence-electron chi connectivity index (χ0n) is 15.3. The van der Waals surface area contributed by atoms with E-state index in [4.69, 9.17) is 16.3 Å². The van der Waals surface area contributed by atoms with Crippen LogP contribution in [-0.2, 0) is 9.84 Å². The van der Waals surface area contributed by atoms with Crippen molar-refractivity contribution >= 4 is 32.3 Å². The molecule has 0 N–H and O–H groups in total. The molecule has 7 heteroatoms. The molecule has 0 saturated heterocycles. The number of benzene rings is 3. The average molecular weight is 428 g/mol. The molecule has 146 valence electrons. The van der Waals surface area contributed by atoms with Gasteiger partial charge in [0, 0.05) is 22.2 Å². The van der Waals surface area contributed by atoms with E-state index in [0.29, 0.717) is 32.8 Å². The summed E-state index contributed by atoms with van der Waals surface area (Å²) in [6.07, 6.45) is 1.30. The first kappa shape index (κ1) is 19.4. The van der Waals surface area contributed by atoms with Gasteiger partial charge in [-0.15, -0.1) is 0 Å². The number of hydrogen-bond donors (Lipinski definition) is 0. The molecule has 0 bridgehead atoms. The van der Waals surface area contributed by atoms with Gasteiger partial charge in [-0.25, -0.2) is 12.8 Å². The van der Waals surface area contributed by atoms with E-state index >= 15 is 0 Å². The fourth-order valence-electron chi connectivity index (χ4n) is 3.19. The van der Waals surface area contributed by atoms with Crippen LogP contribution in [0.1, 0.15) is 0 Å². The van der Waals surface area contributed by atoms with Crippen molar-refractivity contribution in [3.8, 4) is 16.9 Å². The quantitative estimate of drug-likeness (QED) is 0.429. The number of aromatic nitrogens is 1. The lowest BCUT2D eigenvalue weighted by Crippen LogP contribution is -2.06. The number of nitrogens with zero attached hydrogens (tertiary/aromatic N) is 1. The predicted molar refractivity (Wildman–Crippen MR) is 111 cm³/mol. The Balaban J connectivity index is 2.08. The van der Waals surface area contributed by atoms with E-state index in [-0.39, 0.29) is 9.79 Å². The minimum Gasteiger partial charge on any atom is -0.497 e. The van der Waals surface area contributed by atoms with Crippen molar-refractivity contribution in [2.75, 3.05) is 7.11 Å². The topological polar surface area (TPSA) is 56.3 Å². The molecule has 0 amide bonds. The lowest BCUT2D eigenvalue weighted by atomic mass is 10.0. The molecule has 0 spiro atoms. The molecule has 0 fully saturated rings. The van der Waals surface area contributed by atoms with Crippen LogP contribution < -0.4 is 4.74 Å². The van der Waals surface area contributed by atoms with Gasteiger partial charge in [0.15, 0.2) is 0 Å². The van der Waals surface area contributed by atoms with Gasteiger partial charge < -0.3 is 4.74 Å². The molecule has 0 atom stereocenters. The highest BCUT2D eigenvalue weighted by atomic mass is 35.5. The normalized spacial score (nSPS) is 11.6. The number of rotatable bonds is 4. The lowest BCUT2D eigenvalue weighted by molar-refractivity contribution is 0.413. The summed E-state index contributed by atoms with van der Waals surface area (Å²) in [5.41, 5.74) is 1.38. The van der Waals surface area contributed by atoms with Crippen LogP contribution >= 0.6 is 11.6 Å². The van der Waals surface area contributed by atoms with Crippen LogP contribution in [0, 0.1) is 5.82 Å². The van der Waals surface area contributed by atoms with Crippen molar-refractivity contribution in [2.45, 2.75) is 9.79 Å². The van der Waals surface area contributed by atoms with Crippen LogP contribution in [0.3, 0.4) is 0 Å². The van der Waals surface area contributed by atoms with Crippen molar-refractivity contribution in [2.24, 2.45) is 0 Å². The summed E-state index contributed by atoms with van der Waals surface area (Å²) in [5.74, 6) is -0.0753. The van der Waals surface area contributed by atoms with E-state index in [1.54, 1.807) is 36.4 Å². The second-order valence-electron chi connectivity index (χ2n) is 6.35. The first-order valence-corrected chi connectivity index (χ1v) is 10.5. The Bertz CT molecular complexity index is 1340. The lowest BCUT2D eigenvalue weighted by Gasteiger charge is -2.14. The van der Waals surface area contributed by atoms with Gasteiger partial charge in [-0.2, -0.15) is 0 Å². The molecule has 0 aliphatic heterocycles. The SMILES string of the molecule is COc1cccc(S(=O)(=O)c2cnc3ccc(F)cc3c2-c2cccc(Cl)c2)c1. The minimum absolute atomic E-state index is 0.0360. The second-order valence-corrected chi connectivity index (χ2v) is 8.71. The Morgan fingerprint density at radius 1 is 1.00 bits per heavy atom. The van der Waals surface area contributed by atoms with Crippen molar-refractivity contribution in [3.63, 3.8) is 0 Å². The van der Waals surface area contributed by atoms with E-state index < -0.39 is 15.7 Å². The molecular formula is C22H15ClFNO3S. The molecule has 3 aromatic carbocycles. The van der Waals surface area contributed by atoms with Gasteiger partial charge in [0.05, 0.1) is 22.4 Å². The van der Waals surface area contributed by atoms with E-state index in [1.807, 2.05) is 0 Å². The zero-order valence-corrected chi connectivity index (χ0v) is 16.8. The Kier molecular flexibility index (Phi) is 4.98. The maximum atomic E-state index is 14.0. The molecule has 1 heterocycles. The molecule has 0 saturated carbocycles. The van der Waals surface area contributed by atoms with Crippen molar-refractivity contribution in [3.05, 3.63) is 83.8 Å². The summed E-state index contributed by atoms with van der Waals surface area (Å²) in [6, 6.07) is 17.0. The van der Waals surface area contributed by atoms with Gasteiger partial charge in [0.1, 0.15) is 11.6 Å². The largest absolute Gasteiger partial charge is 0.497 e. The monoisotopic (exact) mass is 427 g/mol. The summed E-state index contributed by atoms with van der Waals surface area (Å²) in [4.78, 5) is 4.27. The fourth-order valence-corrected chi connectivity index (χ4v) is 4.85. The van der Waals surface area contributed by atoms with E-state index in [0.717, 1.165) is 0 Å². The molecule has 4 nitrogen and oxygen atoms in total. The van der Waals surface area contributed by atoms with Gasteiger partial charge in [-0.3, -0.25) is 4.98 Å². The van der Waals surface area contributed by atoms with Crippen LogP contribution in [0.15, 0.2) is 82.7 Å². The third-order valence-electron chi connectivity index (χ3n) is 4.55. The molecule has 0 unspecified atom stereocenters. The highest BCUT2D eigenvalue weighted by Gasteiger charge is 2.25. The molecule has 0 aliphatic carbocycles. The highest BCUT2D eigenvalue weighted by Crippen LogP contribution is 2.38. The molecule has 0 radical (unpaired) electrons. The van der Waals surface area contributed by atoms with Gasteiger partial charge >= 0.3 is 0 Å². The van der Waals surface area contributed by atoms with E-state index in [1.165, 1.54) is 43.6 Å². The summed E-state index contributed by atoms with van der Waals surface area (Å²) < 4.78 is 46.2. The van der Waals surface area contributed by atoms with Crippen LogP contribution in [0.5, 0.6) is 5.75 Å². The number of hydrogen-bond acceptors (Lipinski definition) is 4. The van der Waals surface area contributed by atoms with Gasteiger partial charge in [0.25, 0.3) is 0 Å². The van der Waals surface area contributed by atoms with Crippen LogP contribution in [0.4, 0.5) is 4.39 Å². The Morgan fingerprint density at radius 3 is 2.55 bits per heavy atom. The number of sulfone groups is 1. The van der Waals surface area contributed by atoms with Gasteiger partial charge in [-0.1, -0.05) is 29.8 Å². The summed E-state index contributed by atoms with van der Waals surface area (Å²) >= 11 is 6.14. The van der Waals surface area contributed by atoms with Gasteiger partial charge in [0.2, 0.25) is 9.84 Å². The van der Waals surface area contributed by atoms with Crippen molar-refractivity contribution in [1.29, 1.82) is 0 Å². The zero-order chi connectivity index (χ0) is 20.6. The van der Waals surface area contributed by atoms with Crippen LogP contribution in [0.2, 0.25) is 5.02 Å². The van der Waals surface area contributed by atoms with Crippen molar-refractivity contribution < 1.29 is 17.5 Å². The number of pyridine rings is 1. The molecule has 29 heavy (non-hydrogen) atoms. The minimum atomic E-state index is -3.98. The third-order valence-corrected chi connectivity index (χ3v) is 6.55.